The Balaban J connectivity index is 1.80. The zero-order valence-electron chi connectivity index (χ0n) is 12.4. The average molecular weight is 341 g/mol. The van der Waals surface area contributed by atoms with E-state index in [0.29, 0.717) is 21.7 Å². The minimum Gasteiger partial charge on any atom is -0.292 e. The summed E-state index contributed by atoms with van der Waals surface area (Å²) in [6.07, 6.45) is 2.39. The predicted octanol–water partition coefficient (Wildman–Crippen LogP) is 3.36. The molecule has 118 valence electrons. The highest BCUT2D eigenvalue weighted by atomic mass is 35.5. The Morgan fingerprint density at radius 2 is 1.77 bits per heavy atom. The molecule has 6 heteroatoms. The van der Waals surface area contributed by atoms with Crippen LogP contribution in [-0.2, 0) is 9.59 Å². The van der Waals surface area contributed by atoms with Gasteiger partial charge in [-0.05, 0) is 50.0 Å². The maximum absolute atomic E-state index is 12.7. The number of hydrogen-bond donors (Lipinski definition) is 0. The zero-order valence-corrected chi connectivity index (χ0v) is 13.9. The van der Waals surface area contributed by atoms with Gasteiger partial charge in [0.2, 0.25) is 5.91 Å². The topological polar surface area (TPSA) is 40.6 Å². The summed E-state index contributed by atoms with van der Waals surface area (Å²) >= 11 is 11.9. The van der Waals surface area contributed by atoms with Gasteiger partial charge in [-0.25, -0.2) is 4.90 Å². The van der Waals surface area contributed by atoms with Crippen LogP contribution >= 0.6 is 23.2 Å². The fraction of sp³-hybridized carbons (Fsp3) is 0.500. The number of benzene rings is 1. The van der Waals surface area contributed by atoms with E-state index in [0.717, 1.165) is 25.9 Å². The monoisotopic (exact) mass is 340 g/mol. The van der Waals surface area contributed by atoms with Crippen LogP contribution in [0.2, 0.25) is 10.0 Å². The van der Waals surface area contributed by atoms with Crippen molar-refractivity contribution in [3.05, 3.63) is 28.2 Å². The van der Waals surface area contributed by atoms with Crippen molar-refractivity contribution in [2.75, 3.05) is 18.0 Å². The number of likely N-dealkylation sites (tertiary alicyclic amines) is 1. The van der Waals surface area contributed by atoms with E-state index in [1.807, 2.05) is 0 Å². The molecule has 1 aromatic carbocycles. The van der Waals surface area contributed by atoms with Crippen LogP contribution in [0.15, 0.2) is 18.2 Å². The molecule has 2 amide bonds. The Morgan fingerprint density at radius 1 is 1.09 bits per heavy atom. The SMILES string of the molecule is CC1CCN([C@H]2CC(=O)N(c3ccc(Cl)c(Cl)c3)C2=O)CC1. The minimum atomic E-state index is -0.338. The largest absolute Gasteiger partial charge is 0.292 e. The van der Waals surface area contributed by atoms with Crippen molar-refractivity contribution in [1.82, 2.24) is 4.90 Å². The van der Waals surface area contributed by atoms with Crippen LogP contribution in [0.1, 0.15) is 26.2 Å². The Kier molecular flexibility index (Phi) is 4.44. The van der Waals surface area contributed by atoms with E-state index in [1.165, 1.54) is 4.90 Å². The van der Waals surface area contributed by atoms with Gasteiger partial charge < -0.3 is 0 Å². The third-order valence-electron chi connectivity index (χ3n) is 4.54. The molecule has 3 rings (SSSR count). The van der Waals surface area contributed by atoms with Gasteiger partial charge in [0.1, 0.15) is 0 Å². The fourth-order valence-electron chi connectivity index (χ4n) is 3.14. The van der Waals surface area contributed by atoms with Gasteiger partial charge in [0.05, 0.1) is 28.2 Å². The standard InChI is InChI=1S/C16H18Cl2N2O2/c1-10-4-6-19(7-5-10)14-9-15(21)20(16(14)22)11-2-3-12(17)13(18)8-11/h2-3,8,10,14H,4-7,9H2,1H3/t14-/m0/s1. The van der Waals surface area contributed by atoms with Crippen LogP contribution in [-0.4, -0.2) is 35.8 Å². The molecule has 0 aromatic heterocycles. The van der Waals surface area contributed by atoms with Gasteiger partial charge >= 0.3 is 0 Å². The molecule has 4 nitrogen and oxygen atoms in total. The van der Waals surface area contributed by atoms with E-state index in [4.69, 9.17) is 23.2 Å². The highest BCUT2D eigenvalue weighted by Crippen LogP contribution is 2.32. The maximum atomic E-state index is 12.7. The van der Waals surface area contributed by atoms with Gasteiger partial charge in [0, 0.05) is 0 Å². The molecule has 0 bridgehead atoms. The van der Waals surface area contributed by atoms with Crippen molar-refractivity contribution in [2.45, 2.75) is 32.2 Å². The Labute approximate surface area is 140 Å². The summed E-state index contributed by atoms with van der Waals surface area (Å²) in [5, 5.41) is 0.751. The minimum absolute atomic E-state index is 0.155. The Morgan fingerprint density at radius 3 is 2.41 bits per heavy atom. The number of imide groups is 1. The second-order valence-electron chi connectivity index (χ2n) is 6.10. The van der Waals surface area contributed by atoms with Crippen LogP contribution in [0.3, 0.4) is 0 Å². The number of rotatable bonds is 2. The van der Waals surface area contributed by atoms with E-state index in [9.17, 15) is 9.59 Å². The molecule has 2 aliphatic heterocycles. The van der Waals surface area contributed by atoms with Gasteiger partial charge in [-0.2, -0.15) is 0 Å². The first-order valence-electron chi connectivity index (χ1n) is 7.53. The number of carbonyl (C=O) groups is 2. The molecule has 2 aliphatic rings. The van der Waals surface area contributed by atoms with E-state index in [1.54, 1.807) is 18.2 Å². The number of amides is 2. The number of carbonyl (C=O) groups excluding carboxylic acids is 2. The zero-order chi connectivity index (χ0) is 15.9. The van der Waals surface area contributed by atoms with Crippen LogP contribution in [0, 0.1) is 5.92 Å². The van der Waals surface area contributed by atoms with Gasteiger partial charge in [0.25, 0.3) is 5.91 Å². The number of nitrogens with zero attached hydrogens (tertiary/aromatic N) is 2. The average Bonchev–Trinajstić information content (AvgIpc) is 2.78. The quantitative estimate of drug-likeness (QED) is 0.775. The van der Waals surface area contributed by atoms with Crippen molar-refractivity contribution < 1.29 is 9.59 Å². The van der Waals surface area contributed by atoms with Crippen LogP contribution in [0.5, 0.6) is 0 Å². The number of piperidine rings is 1. The summed E-state index contributed by atoms with van der Waals surface area (Å²) in [7, 11) is 0. The van der Waals surface area contributed by atoms with Crippen LogP contribution in [0.4, 0.5) is 5.69 Å². The lowest BCUT2D eigenvalue weighted by molar-refractivity contribution is -0.123. The lowest BCUT2D eigenvalue weighted by Crippen LogP contribution is -2.45. The van der Waals surface area contributed by atoms with Crippen molar-refractivity contribution in [1.29, 1.82) is 0 Å². The Hall–Kier alpha value is -1.10. The first-order valence-corrected chi connectivity index (χ1v) is 8.29. The van der Waals surface area contributed by atoms with Crippen molar-refractivity contribution >= 4 is 40.7 Å². The number of halogens is 2. The lowest BCUT2D eigenvalue weighted by atomic mass is 9.97. The highest BCUT2D eigenvalue weighted by molar-refractivity contribution is 6.42. The summed E-state index contributed by atoms with van der Waals surface area (Å²) in [4.78, 5) is 28.4. The molecule has 0 spiro atoms. The summed E-state index contributed by atoms with van der Waals surface area (Å²) < 4.78 is 0. The first-order chi connectivity index (χ1) is 10.5. The third-order valence-corrected chi connectivity index (χ3v) is 5.28. The van der Waals surface area contributed by atoms with Crippen LogP contribution in [0.25, 0.3) is 0 Å². The molecule has 0 radical (unpaired) electrons. The molecular formula is C16H18Cl2N2O2. The predicted molar refractivity (Wildman–Crippen MR) is 87.3 cm³/mol. The molecule has 1 atom stereocenters. The van der Waals surface area contributed by atoms with Crippen molar-refractivity contribution in [2.24, 2.45) is 5.92 Å². The second kappa shape index (κ2) is 6.19. The molecule has 0 aliphatic carbocycles. The first kappa shape index (κ1) is 15.8. The van der Waals surface area contributed by atoms with E-state index >= 15 is 0 Å². The molecule has 22 heavy (non-hydrogen) atoms. The maximum Gasteiger partial charge on any atom is 0.251 e. The van der Waals surface area contributed by atoms with E-state index < -0.39 is 0 Å². The molecule has 0 N–H and O–H groups in total. The van der Waals surface area contributed by atoms with Gasteiger partial charge in [-0.15, -0.1) is 0 Å². The molecule has 2 heterocycles. The van der Waals surface area contributed by atoms with Gasteiger partial charge in [-0.1, -0.05) is 30.1 Å². The Bertz CT molecular complexity index is 612. The lowest BCUT2D eigenvalue weighted by Gasteiger charge is -2.33. The molecule has 1 aromatic rings. The van der Waals surface area contributed by atoms with E-state index in [2.05, 4.69) is 11.8 Å². The van der Waals surface area contributed by atoms with Crippen molar-refractivity contribution in [3.8, 4) is 0 Å². The van der Waals surface area contributed by atoms with E-state index in [-0.39, 0.29) is 24.3 Å². The number of hydrogen-bond acceptors (Lipinski definition) is 3. The summed E-state index contributed by atoms with van der Waals surface area (Å²) in [5.74, 6) is 0.361. The molecule has 2 saturated heterocycles. The van der Waals surface area contributed by atoms with Crippen LogP contribution < -0.4 is 4.90 Å². The fourth-order valence-corrected chi connectivity index (χ4v) is 3.43. The second-order valence-corrected chi connectivity index (χ2v) is 6.92. The summed E-state index contributed by atoms with van der Waals surface area (Å²) in [5.41, 5.74) is 0.497. The molecule has 0 saturated carbocycles. The number of anilines is 1. The highest BCUT2D eigenvalue weighted by Gasteiger charge is 2.43. The van der Waals surface area contributed by atoms with Gasteiger partial charge in [-0.3, -0.25) is 14.5 Å². The third kappa shape index (κ3) is 2.87. The summed E-state index contributed by atoms with van der Waals surface area (Å²) in [6, 6.07) is 4.50. The summed E-state index contributed by atoms with van der Waals surface area (Å²) in [6.45, 7) is 3.97. The van der Waals surface area contributed by atoms with Gasteiger partial charge in [0.15, 0.2) is 0 Å². The smallest absolute Gasteiger partial charge is 0.251 e. The van der Waals surface area contributed by atoms with Crippen molar-refractivity contribution in [3.63, 3.8) is 0 Å². The molecular weight excluding hydrogens is 323 g/mol. The molecule has 0 unspecified atom stereocenters. The normalized spacial score (nSPS) is 24.3. The molecule has 2 fully saturated rings.